The van der Waals surface area contributed by atoms with Crippen LogP contribution in [0.15, 0.2) is 0 Å². The smallest absolute Gasteiger partial charge is 0.223 e. The van der Waals surface area contributed by atoms with Gasteiger partial charge in [0.2, 0.25) is 5.91 Å². The minimum atomic E-state index is -0.613. The third-order valence-corrected chi connectivity index (χ3v) is 3.85. The maximum absolute atomic E-state index is 11.6. The number of nitrogens with one attached hydrogen (secondary N) is 1. The van der Waals surface area contributed by atoms with Crippen molar-refractivity contribution in [2.24, 2.45) is 5.92 Å². The lowest BCUT2D eigenvalue weighted by Gasteiger charge is -2.33. The quantitative estimate of drug-likeness (QED) is 0.745. The Morgan fingerprint density at radius 2 is 1.87 bits per heavy atom. The van der Waals surface area contributed by atoms with E-state index < -0.39 is 5.60 Å². The highest BCUT2D eigenvalue weighted by Gasteiger charge is 2.31. The molecule has 0 radical (unpaired) electrons. The lowest BCUT2D eigenvalue weighted by Crippen LogP contribution is -2.46. The molecule has 3 nitrogen and oxygen atoms in total. The lowest BCUT2D eigenvalue weighted by atomic mass is 9.83. The summed E-state index contributed by atoms with van der Waals surface area (Å²) < 4.78 is 0. The number of hydrogen-bond donors (Lipinski definition) is 2. The van der Waals surface area contributed by atoms with E-state index in [1.54, 1.807) is 0 Å². The minimum absolute atomic E-state index is 0.153. The summed E-state index contributed by atoms with van der Waals surface area (Å²) in [7, 11) is 0. The van der Waals surface area contributed by atoms with Gasteiger partial charge in [-0.2, -0.15) is 0 Å². The molecule has 2 fully saturated rings. The first kappa shape index (κ1) is 10.9. The van der Waals surface area contributed by atoms with Crippen molar-refractivity contribution in [3.63, 3.8) is 0 Å². The summed E-state index contributed by atoms with van der Waals surface area (Å²) in [5.41, 5.74) is -0.613. The van der Waals surface area contributed by atoms with Gasteiger partial charge in [0.05, 0.1) is 5.60 Å². The number of hydrogen-bond acceptors (Lipinski definition) is 2. The van der Waals surface area contributed by atoms with Crippen LogP contribution in [0.1, 0.15) is 51.4 Å². The predicted octanol–water partition coefficient (Wildman–Crippen LogP) is 1.60. The van der Waals surface area contributed by atoms with E-state index in [9.17, 15) is 9.90 Å². The highest BCUT2D eigenvalue weighted by Crippen LogP contribution is 2.29. The molecule has 2 N–H and O–H groups in total. The van der Waals surface area contributed by atoms with Gasteiger partial charge in [0.1, 0.15) is 0 Å². The SMILES string of the molecule is O=C(NCC1(O)CCCCC1)C1CCC1. The van der Waals surface area contributed by atoms with Gasteiger partial charge in [-0.05, 0) is 25.7 Å². The van der Waals surface area contributed by atoms with Gasteiger partial charge in [0.15, 0.2) is 0 Å². The van der Waals surface area contributed by atoms with Gasteiger partial charge >= 0.3 is 0 Å². The molecule has 2 aliphatic rings. The van der Waals surface area contributed by atoms with Crippen LogP contribution in [-0.4, -0.2) is 23.2 Å². The molecule has 86 valence electrons. The number of carbonyl (C=O) groups excluding carboxylic acids is 1. The Bertz CT molecular complexity index is 230. The zero-order valence-corrected chi connectivity index (χ0v) is 9.30. The summed E-state index contributed by atoms with van der Waals surface area (Å²) in [6.07, 6.45) is 8.34. The Kier molecular flexibility index (Phi) is 3.29. The second-order valence-corrected chi connectivity index (χ2v) is 5.13. The molecule has 0 heterocycles. The molecule has 0 bridgehead atoms. The average Bonchev–Trinajstić information content (AvgIpc) is 2.14. The second-order valence-electron chi connectivity index (χ2n) is 5.13. The second kappa shape index (κ2) is 4.52. The Hall–Kier alpha value is -0.570. The van der Waals surface area contributed by atoms with Crippen molar-refractivity contribution in [3.8, 4) is 0 Å². The standard InChI is InChI=1S/C12H21NO2/c14-11(10-5-4-6-10)13-9-12(15)7-2-1-3-8-12/h10,15H,1-9H2,(H,13,14). The molecule has 2 aliphatic carbocycles. The lowest BCUT2D eigenvalue weighted by molar-refractivity contribution is -0.129. The molecule has 0 spiro atoms. The summed E-state index contributed by atoms with van der Waals surface area (Å²) in [5.74, 6) is 0.387. The molecule has 0 aromatic rings. The Labute approximate surface area is 91.2 Å². The minimum Gasteiger partial charge on any atom is -0.388 e. The molecular weight excluding hydrogens is 190 g/mol. The van der Waals surface area contributed by atoms with Crippen molar-refractivity contribution in [3.05, 3.63) is 0 Å². The number of aliphatic hydroxyl groups is 1. The van der Waals surface area contributed by atoms with Gasteiger partial charge in [-0.15, -0.1) is 0 Å². The first-order chi connectivity index (χ1) is 7.20. The molecule has 0 aliphatic heterocycles. The van der Waals surface area contributed by atoms with Gasteiger partial charge in [0.25, 0.3) is 0 Å². The van der Waals surface area contributed by atoms with E-state index in [-0.39, 0.29) is 11.8 Å². The van der Waals surface area contributed by atoms with Crippen LogP contribution >= 0.6 is 0 Å². The van der Waals surface area contributed by atoms with E-state index in [1.807, 2.05) is 0 Å². The van der Waals surface area contributed by atoms with E-state index in [1.165, 1.54) is 12.8 Å². The Balaban J connectivity index is 1.73. The molecule has 0 aromatic heterocycles. The van der Waals surface area contributed by atoms with Crippen LogP contribution < -0.4 is 5.32 Å². The maximum Gasteiger partial charge on any atom is 0.223 e. The normalized spacial score (nSPS) is 25.7. The van der Waals surface area contributed by atoms with Gasteiger partial charge < -0.3 is 10.4 Å². The fourth-order valence-corrected chi connectivity index (χ4v) is 2.45. The van der Waals surface area contributed by atoms with E-state index in [4.69, 9.17) is 0 Å². The summed E-state index contributed by atoms with van der Waals surface area (Å²) in [6.45, 7) is 0.461. The van der Waals surface area contributed by atoms with Crippen molar-refractivity contribution in [2.75, 3.05) is 6.54 Å². The molecular formula is C12H21NO2. The van der Waals surface area contributed by atoms with Crippen LogP contribution in [0, 0.1) is 5.92 Å². The van der Waals surface area contributed by atoms with Crippen LogP contribution in [0.25, 0.3) is 0 Å². The van der Waals surface area contributed by atoms with Gasteiger partial charge in [0, 0.05) is 12.5 Å². The highest BCUT2D eigenvalue weighted by atomic mass is 16.3. The third-order valence-electron chi connectivity index (χ3n) is 3.85. The third kappa shape index (κ3) is 2.71. The first-order valence-electron chi connectivity index (χ1n) is 6.20. The molecule has 2 rings (SSSR count). The van der Waals surface area contributed by atoms with Crippen molar-refractivity contribution in [1.82, 2.24) is 5.32 Å². The van der Waals surface area contributed by atoms with E-state index in [0.717, 1.165) is 38.5 Å². The molecule has 0 aromatic carbocycles. The largest absolute Gasteiger partial charge is 0.388 e. The van der Waals surface area contributed by atoms with Crippen LogP contribution in [0.4, 0.5) is 0 Å². The van der Waals surface area contributed by atoms with Gasteiger partial charge in [-0.3, -0.25) is 4.79 Å². The fourth-order valence-electron chi connectivity index (χ4n) is 2.45. The monoisotopic (exact) mass is 211 g/mol. The summed E-state index contributed by atoms with van der Waals surface area (Å²) in [4.78, 5) is 11.6. The number of rotatable bonds is 3. The predicted molar refractivity (Wildman–Crippen MR) is 58.4 cm³/mol. The molecule has 3 heteroatoms. The summed E-state index contributed by atoms with van der Waals surface area (Å²) in [6, 6.07) is 0. The molecule has 0 unspecified atom stereocenters. The van der Waals surface area contributed by atoms with E-state index in [0.29, 0.717) is 6.54 Å². The van der Waals surface area contributed by atoms with Gasteiger partial charge in [-0.25, -0.2) is 0 Å². The number of carbonyl (C=O) groups is 1. The first-order valence-corrected chi connectivity index (χ1v) is 6.20. The molecule has 2 saturated carbocycles. The Morgan fingerprint density at radius 3 is 2.40 bits per heavy atom. The topological polar surface area (TPSA) is 49.3 Å². The van der Waals surface area contributed by atoms with Crippen LogP contribution in [0.3, 0.4) is 0 Å². The zero-order chi connectivity index (χ0) is 10.7. The summed E-state index contributed by atoms with van der Waals surface area (Å²) >= 11 is 0. The fraction of sp³-hybridized carbons (Fsp3) is 0.917. The maximum atomic E-state index is 11.6. The van der Waals surface area contributed by atoms with Crippen molar-refractivity contribution in [2.45, 2.75) is 57.0 Å². The zero-order valence-electron chi connectivity index (χ0n) is 9.30. The van der Waals surface area contributed by atoms with Crippen LogP contribution in [0.2, 0.25) is 0 Å². The molecule has 0 atom stereocenters. The highest BCUT2D eigenvalue weighted by molar-refractivity contribution is 5.79. The molecule has 0 saturated heterocycles. The van der Waals surface area contributed by atoms with Gasteiger partial charge in [-0.1, -0.05) is 25.7 Å². The molecule has 15 heavy (non-hydrogen) atoms. The van der Waals surface area contributed by atoms with E-state index in [2.05, 4.69) is 5.32 Å². The van der Waals surface area contributed by atoms with Crippen LogP contribution in [-0.2, 0) is 4.79 Å². The van der Waals surface area contributed by atoms with Crippen LogP contribution in [0.5, 0.6) is 0 Å². The van der Waals surface area contributed by atoms with E-state index >= 15 is 0 Å². The average molecular weight is 211 g/mol. The summed E-state index contributed by atoms with van der Waals surface area (Å²) in [5, 5.41) is 13.1. The van der Waals surface area contributed by atoms with Crippen molar-refractivity contribution < 1.29 is 9.90 Å². The number of amides is 1. The van der Waals surface area contributed by atoms with Crippen molar-refractivity contribution >= 4 is 5.91 Å². The molecule has 1 amide bonds. The Morgan fingerprint density at radius 1 is 1.20 bits per heavy atom. The van der Waals surface area contributed by atoms with Crippen molar-refractivity contribution in [1.29, 1.82) is 0 Å².